The second-order valence-corrected chi connectivity index (χ2v) is 6.21. The van der Waals surface area contributed by atoms with Crippen molar-refractivity contribution < 1.29 is 9.53 Å². The van der Waals surface area contributed by atoms with Crippen molar-refractivity contribution in [1.82, 2.24) is 20.3 Å². The van der Waals surface area contributed by atoms with E-state index in [9.17, 15) is 9.59 Å². The molecule has 1 aliphatic heterocycles. The molecule has 9 nitrogen and oxygen atoms in total. The zero-order valence-electron chi connectivity index (χ0n) is 15.4. The Kier molecular flexibility index (Phi) is 6.37. The van der Waals surface area contributed by atoms with Gasteiger partial charge in [0.15, 0.2) is 0 Å². The largest absolute Gasteiger partial charge is 0.385 e. The van der Waals surface area contributed by atoms with E-state index in [1.165, 1.54) is 6.20 Å². The maximum absolute atomic E-state index is 12.3. The number of pyridine rings is 1. The fraction of sp³-hybridized carbons (Fsp3) is 0.444. The summed E-state index contributed by atoms with van der Waals surface area (Å²) in [4.78, 5) is 39.9. The molecule has 1 aliphatic rings. The van der Waals surface area contributed by atoms with Crippen LogP contribution in [0.4, 0.5) is 11.8 Å². The summed E-state index contributed by atoms with van der Waals surface area (Å²) in [5, 5.41) is 2.69. The Hall–Kier alpha value is -2.94. The van der Waals surface area contributed by atoms with E-state index in [0.29, 0.717) is 38.6 Å². The number of rotatable bonds is 7. The molecule has 0 spiro atoms. The summed E-state index contributed by atoms with van der Waals surface area (Å²) >= 11 is 0. The predicted octanol–water partition coefficient (Wildman–Crippen LogP) is 0.258. The molecule has 0 unspecified atom stereocenters. The number of H-pyrrole nitrogens is 1. The van der Waals surface area contributed by atoms with Gasteiger partial charge in [-0.05, 0) is 18.6 Å². The summed E-state index contributed by atoms with van der Waals surface area (Å²) in [6.45, 7) is 3.98. The number of methoxy groups -OCH3 is 1. The quantitative estimate of drug-likeness (QED) is 0.672. The van der Waals surface area contributed by atoms with Crippen LogP contribution >= 0.6 is 0 Å². The van der Waals surface area contributed by atoms with Crippen molar-refractivity contribution in [3.63, 3.8) is 0 Å². The summed E-state index contributed by atoms with van der Waals surface area (Å²) in [5.74, 6) is 1.00. The van der Waals surface area contributed by atoms with Crippen LogP contribution in [0.15, 0.2) is 35.4 Å². The van der Waals surface area contributed by atoms with E-state index in [1.54, 1.807) is 13.3 Å². The van der Waals surface area contributed by atoms with Gasteiger partial charge in [0.1, 0.15) is 11.4 Å². The molecule has 1 fully saturated rings. The van der Waals surface area contributed by atoms with Gasteiger partial charge >= 0.3 is 0 Å². The van der Waals surface area contributed by atoms with Gasteiger partial charge in [0.2, 0.25) is 5.95 Å². The first-order chi connectivity index (χ1) is 13.2. The first kappa shape index (κ1) is 18.8. The van der Waals surface area contributed by atoms with Crippen molar-refractivity contribution in [2.75, 3.05) is 56.2 Å². The number of ether oxygens (including phenoxy) is 1. The number of aromatic amines is 1. The van der Waals surface area contributed by atoms with Gasteiger partial charge in [0.05, 0.1) is 0 Å². The standard InChI is InChI=1S/C18H24N6O3/c1-27-12-4-7-20-16(25)14-13-21-18(22-17(14)26)24-10-8-23(9-11-24)15-5-2-3-6-19-15/h2-3,5-6,13H,4,7-12H2,1H3,(H,20,25)(H,21,22,26). The lowest BCUT2D eigenvalue weighted by molar-refractivity contribution is 0.0946. The highest BCUT2D eigenvalue weighted by atomic mass is 16.5. The predicted molar refractivity (Wildman–Crippen MR) is 102 cm³/mol. The van der Waals surface area contributed by atoms with Crippen molar-refractivity contribution in [3.8, 4) is 0 Å². The van der Waals surface area contributed by atoms with Crippen molar-refractivity contribution in [1.29, 1.82) is 0 Å². The van der Waals surface area contributed by atoms with Crippen LogP contribution in [0.25, 0.3) is 0 Å². The maximum atomic E-state index is 12.3. The molecule has 0 aliphatic carbocycles. The van der Waals surface area contributed by atoms with Gasteiger partial charge in [-0.25, -0.2) is 9.97 Å². The number of anilines is 2. The average Bonchev–Trinajstić information content (AvgIpc) is 2.72. The number of carbonyl (C=O) groups excluding carboxylic acids is 1. The number of nitrogens with zero attached hydrogens (tertiary/aromatic N) is 4. The molecule has 2 N–H and O–H groups in total. The monoisotopic (exact) mass is 372 g/mol. The van der Waals surface area contributed by atoms with Gasteiger partial charge in [-0.1, -0.05) is 6.07 Å². The fourth-order valence-electron chi connectivity index (χ4n) is 2.91. The van der Waals surface area contributed by atoms with Crippen LogP contribution in [0.2, 0.25) is 0 Å². The molecular weight excluding hydrogens is 348 g/mol. The molecule has 2 aromatic heterocycles. The van der Waals surface area contributed by atoms with Gasteiger partial charge in [0, 0.05) is 58.8 Å². The highest BCUT2D eigenvalue weighted by Gasteiger charge is 2.20. The van der Waals surface area contributed by atoms with Crippen molar-refractivity contribution in [2.45, 2.75) is 6.42 Å². The van der Waals surface area contributed by atoms with E-state index in [0.717, 1.165) is 18.9 Å². The van der Waals surface area contributed by atoms with Crippen LogP contribution in [0.3, 0.4) is 0 Å². The summed E-state index contributed by atoms with van der Waals surface area (Å²) in [6, 6.07) is 5.84. The molecule has 0 atom stereocenters. The maximum Gasteiger partial charge on any atom is 0.265 e. The molecule has 0 bridgehead atoms. The molecule has 3 rings (SSSR count). The summed E-state index contributed by atoms with van der Waals surface area (Å²) in [5.41, 5.74) is -0.417. The molecule has 9 heteroatoms. The Morgan fingerprint density at radius 1 is 1.22 bits per heavy atom. The molecular formula is C18H24N6O3. The van der Waals surface area contributed by atoms with Crippen LogP contribution in [0.5, 0.6) is 0 Å². The number of piperazine rings is 1. The topological polar surface area (TPSA) is 103 Å². The number of nitrogens with one attached hydrogen (secondary N) is 2. The lowest BCUT2D eigenvalue weighted by Crippen LogP contribution is -2.48. The Labute approximate surface area is 157 Å². The van der Waals surface area contributed by atoms with Gasteiger partial charge < -0.3 is 19.9 Å². The number of amides is 1. The van der Waals surface area contributed by atoms with Gasteiger partial charge in [-0.2, -0.15) is 0 Å². The molecule has 0 aromatic carbocycles. The molecule has 2 aromatic rings. The number of aromatic nitrogens is 3. The Morgan fingerprint density at radius 2 is 2.00 bits per heavy atom. The SMILES string of the molecule is COCCCNC(=O)c1cnc(N2CCN(c3ccccn3)CC2)[nH]c1=O. The van der Waals surface area contributed by atoms with Crippen molar-refractivity contribution in [3.05, 3.63) is 46.5 Å². The minimum absolute atomic E-state index is 0.0169. The molecule has 3 heterocycles. The van der Waals surface area contributed by atoms with Crippen LogP contribution in [0.1, 0.15) is 16.8 Å². The fourth-order valence-corrected chi connectivity index (χ4v) is 2.91. The number of carbonyl (C=O) groups is 1. The lowest BCUT2D eigenvalue weighted by Gasteiger charge is -2.35. The van der Waals surface area contributed by atoms with Crippen molar-refractivity contribution >= 4 is 17.7 Å². The third-order valence-corrected chi connectivity index (χ3v) is 4.39. The first-order valence-electron chi connectivity index (χ1n) is 8.96. The minimum atomic E-state index is -0.434. The van der Waals surface area contributed by atoms with E-state index in [2.05, 4.69) is 25.2 Å². The molecule has 0 saturated carbocycles. The zero-order chi connectivity index (χ0) is 19.1. The summed E-state index contributed by atoms with van der Waals surface area (Å²) in [7, 11) is 1.60. The van der Waals surface area contributed by atoms with Crippen molar-refractivity contribution in [2.24, 2.45) is 0 Å². The first-order valence-corrected chi connectivity index (χ1v) is 8.96. The Bertz CT molecular complexity index is 802. The zero-order valence-corrected chi connectivity index (χ0v) is 15.4. The second kappa shape index (κ2) is 9.13. The third kappa shape index (κ3) is 4.82. The molecule has 1 saturated heterocycles. The van der Waals surface area contributed by atoms with Crippen LogP contribution < -0.4 is 20.7 Å². The van der Waals surface area contributed by atoms with Crippen LogP contribution in [0, 0.1) is 0 Å². The summed E-state index contributed by atoms with van der Waals surface area (Å²) < 4.78 is 4.93. The average molecular weight is 372 g/mol. The molecule has 1 amide bonds. The lowest BCUT2D eigenvalue weighted by atomic mass is 10.3. The summed E-state index contributed by atoms with van der Waals surface area (Å²) in [6.07, 6.45) is 3.80. The number of hydrogen-bond donors (Lipinski definition) is 2. The van der Waals surface area contributed by atoms with Gasteiger partial charge in [-0.3, -0.25) is 14.6 Å². The van der Waals surface area contributed by atoms with E-state index >= 15 is 0 Å². The van der Waals surface area contributed by atoms with E-state index < -0.39 is 11.5 Å². The molecule has 144 valence electrons. The van der Waals surface area contributed by atoms with Crippen LogP contribution in [-0.2, 0) is 4.74 Å². The van der Waals surface area contributed by atoms with Crippen LogP contribution in [-0.4, -0.2) is 67.3 Å². The normalized spacial score (nSPS) is 14.3. The van der Waals surface area contributed by atoms with Gasteiger partial charge in [0.25, 0.3) is 11.5 Å². The highest BCUT2D eigenvalue weighted by Crippen LogP contribution is 2.15. The number of hydrogen-bond acceptors (Lipinski definition) is 7. The highest BCUT2D eigenvalue weighted by molar-refractivity contribution is 5.93. The Balaban J connectivity index is 1.58. The van der Waals surface area contributed by atoms with Gasteiger partial charge in [-0.15, -0.1) is 0 Å². The third-order valence-electron chi connectivity index (χ3n) is 4.39. The smallest absolute Gasteiger partial charge is 0.265 e. The van der Waals surface area contributed by atoms with E-state index in [-0.39, 0.29) is 5.56 Å². The van der Waals surface area contributed by atoms with E-state index in [1.807, 2.05) is 23.1 Å². The second-order valence-electron chi connectivity index (χ2n) is 6.21. The Morgan fingerprint density at radius 3 is 2.67 bits per heavy atom. The molecule has 0 radical (unpaired) electrons. The van der Waals surface area contributed by atoms with E-state index in [4.69, 9.17) is 4.74 Å². The molecule has 27 heavy (non-hydrogen) atoms. The minimum Gasteiger partial charge on any atom is -0.385 e.